The first-order chi connectivity index (χ1) is 11.8. The monoisotopic (exact) mass is 338 g/mol. The van der Waals surface area contributed by atoms with E-state index in [1.807, 2.05) is 54.6 Å². The van der Waals surface area contributed by atoms with Crippen molar-refractivity contribution in [3.05, 3.63) is 66.1 Å². The fraction of sp³-hybridized carbons (Fsp3) is 0.167. The van der Waals surface area contributed by atoms with Crippen molar-refractivity contribution in [3.63, 3.8) is 0 Å². The highest BCUT2D eigenvalue weighted by Gasteiger charge is 2.29. The third kappa shape index (κ3) is 3.05. The van der Waals surface area contributed by atoms with Crippen molar-refractivity contribution in [3.8, 4) is 11.5 Å². The highest BCUT2D eigenvalue weighted by atomic mass is 32.2. The Morgan fingerprint density at radius 1 is 1.12 bits per heavy atom. The summed E-state index contributed by atoms with van der Waals surface area (Å²) in [4.78, 5) is 13.4. The maximum atomic E-state index is 12.2. The highest BCUT2D eigenvalue weighted by Crippen LogP contribution is 2.37. The van der Waals surface area contributed by atoms with Crippen molar-refractivity contribution >= 4 is 17.7 Å². The molecule has 0 aliphatic carbocycles. The third-order valence-electron chi connectivity index (χ3n) is 3.74. The molecule has 0 bridgehead atoms. The summed E-state index contributed by atoms with van der Waals surface area (Å²) in [7, 11) is 0. The van der Waals surface area contributed by atoms with Crippen molar-refractivity contribution in [2.75, 3.05) is 0 Å². The van der Waals surface area contributed by atoms with Crippen LogP contribution in [0.2, 0.25) is 0 Å². The molecule has 24 heavy (non-hydrogen) atoms. The summed E-state index contributed by atoms with van der Waals surface area (Å²) in [6, 6.07) is 17.5. The second-order valence-electron chi connectivity index (χ2n) is 5.39. The minimum Gasteiger partial charge on any atom is -0.455 e. The van der Waals surface area contributed by atoms with Gasteiger partial charge >= 0.3 is 5.97 Å². The molecule has 1 aromatic heterocycles. The summed E-state index contributed by atoms with van der Waals surface area (Å²) >= 11 is 1.54. The van der Waals surface area contributed by atoms with Crippen LogP contribution >= 0.6 is 11.8 Å². The standard InChI is InChI=1S/C18H14N2O3S/c21-18(15-10-13-8-4-5-9-14(13)24-15)22-11-16-19-20-17(23-16)12-6-2-1-3-7-12/h1-9,15H,10-11H2. The van der Waals surface area contributed by atoms with Crippen molar-refractivity contribution in [2.45, 2.75) is 23.2 Å². The molecule has 120 valence electrons. The van der Waals surface area contributed by atoms with Gasteiger partial charge in [0.05, 0.1) is 0 Å². The van der Waals surface area contributed by atoms with Gasteiger partial charge in [-0.3, -0.25) is 4.79 Å². The van der Waals surface area contributed by atoms with Crippen LogP contribution in [0.5, 0.6) is 0 Å². The molecule has 2 aromatic carbocycles. The van der Waals surface area contributed by atoms with E-state index in [2.05, 4.69) is 10.2 Å². The van der Waals surface area contributed by atoms with Crippen LogP contribution in [0.3, 0.4) is 0 Å². The Labute approximate surface area is 143 Å². The Kier molecular flexibility index (Phi) is 4.04. The predicted molar refractivity (Wildman–Crippen MR) is 89.3 cm³/mol. The van der Waals surface area contributed by atoms with Crippen molar-refractivity contribution in [1.29, 1.82) is 0 Å². The van der Waals surface area contributed by atoms with Gasteiger partial charge in [-0.25, -0.2) is 0 Å². The number of ether oxygens (including phenoxy) is 1. The van der Waals surface area contributed by atoms with E-state index in [9.17, 15) is 4.79 Å². The Hall–Kier alpha value is -2.60. The van der Waals surface area contributed by atoms with Crippen LogP contribution in [-0.4, -0.2) is 21.4 Å². The lowest BCUT2D eigenvalue weighted by Crippen LogP contribution is -2.19. The number of hydrogen-bond donors (Lipinski definition) is 0. The molecule has 0 N–H and O–H groups in total. The maximum absolute atomic E-state index is 12.2. The van der Waals surface area contributed by atoms with Crippen molar-refractivity contribution in [2.24, 2.45) is 0 Å². The molecule has 1 atom stereocenters. The van der Waals surface area contributed by atoms with Crippen LogP contribution < -0.4 is 0 Å². The second-order valence-corrected chi connectivity index (χ2v) is 6.64. The number of carbonyl (C=O) groups excluding carboxylic acids is 1. The number of thioether (sulfide) groups is 1. The van der Waals surface area contributed by atoms with Crippen LogP contribution in [0.4, 0.5) is 0 Å². The molecule has 5 nitrogen and oxygen atoms in total. The van der Waals surface area contributed by atoms with E-state index in [-0.39, 0.29) is 17.8 Å². The van der Waals surface area contributed by atoms with E-state index < -0.39 is 0 Å². The first kappa shape index (κ1) is 15.0. The first-order valence-electron chi connectivity index (χ1n) is 7.58. The van der Waals surface area contributed by atoms with Gasteiger partial charge in [-0.15, -0.1) is 22.0 Å². The zero-order valence-electron chi connectivity index (χ0n) is 12.7. The maximum Gasteiger partial charge on any atom is 0.320 e. The molecule has 0 saturated carbocycles. The fourth-order valence-corrected chi connectivity index (χ4v) is 3.74. The van der Waals surface area contributed by atoms with Crippen LogP contribution in [0.25, 0.3) is 11.5 Å². The summed E-state index contributed by atoms with van der Waals surface area (Å²) in [5, 5.41) is 7.70. The molecule has 1 aliphatic rings. The van der Waals surface area contributed by atoms with Crippen molar-refractivity contribution in [1.82, 2.24) is 10.2 Å². The van der Waals surface area contributed by atoms with Crippen LogP contribution in [0.15, 0.2) is 63.9 Å². The number of aromatic nitrogens is 2. The molecule has 0 fully saturated rings. The molecule has 0 radical (unpaired) electrons. The van der Waals surface area contributed by atoms with E-state index in [4.69, 9.17) is 9.15 Å². The quantitative estimate of drug-likeness (QED) is 0.679. The Bertz CT molecular complexity index is 838. The number of fused-ring (bicyclic) bond motifs is 1. The van der Waals surface area contributed by atoms with Gasteiger partial charge in [0, 0.05) is 10.5 Å². The Balaban J connectivity index is 1.36. The number of hydrogen-bond acceptors (Lipinski definition) is 6. The van der Waals surface area contributed by atoms with E-state index in [1.165, 1.54) is 5.56 Å². The molecule has 0 saturated heterocycles. The van der Waals surface area contributed by atoms with Crippen molar-refractivity contribution < 1.29 is 13.9 Å². The van der Waals surface area contributed by atoms with Gasteiger partial charge < -0.3 is 9.15 Å². The second kappa shape index (κ2) is 6.49. The molecule has 4 rings (SSSR count). The molecule has 2 heterocycles. The van der Waals surface area contributed by atoms with Gasteiger partial charge in [-0.2, -0.15) is 0 Å². The normalized spacial score (nSPS) is 15.9. The number of benzene rings is 2. The Morgan fingerprint density at radius 2 is 1.92 bits per heavy atom. The average molecular weight is 338 g/mol. The summed E-state index contributed by atoms with van der Waals surface area (Å²) in [5.41, 5.74) is 2.03. The first-order valence-corrected chi connectivity index (χ1v) is 8.46. The van der Waals surface area contributed by atoms with Crippen LogP contribution in [-0.2, 0) is 22.6 Å². The van der Waals surface area contributed by atoms with Gasteiger partial charge in [0.25, 0.3) is 5.89 Å². The average Bonchev–Trinajstić information content (AvgIpc) is 3.27. The summed E-state index contributed by atoms with van der Waals surface area (Å²) < 4.78 is 10.9. The van der Waals surface area contributed by atoms with Crippen LogP contribution in [0.1, 0.15) is 11.5 Å². The minimum atomic E-state index is -0.254. The molecule has 0 spiro atoms. The van der Waals surface area contributed by atoms with Gasteiger partial charge in [0.2, 0.25) is 5.89 Å². The largest absolute Gasteiger partial charge is 0.455 e. The summed E-state index contributed by atoms with van der Waals surface area (Å²) in [5.74, 6) is 0.461. The number of esters is 1. The molecule has 0 amide bonds. The number of carbonyl (C=O) groups is 1. The smallest absolute Gasteiger partial charge is 0.320 e. The van der Waals surface area contributed by atoms with Gasteiger partial charge in [-0.05, 0) is 30.2 Å². The number of rotatable bonds is 4. The molecule has 1 aliphatic heterocycles. The zero-order chi connectivity index (χ0) is 16.4. The summed E-state index contributed by atoms with van der Waals surface area (Å²) in [6.07, 6.45) is 0.693. The van der Waals surface area contributed by atoms with Crippen LogP contribution in [0, 0.1) is 0 Å². The Morgan fingerprint density at radius 3 is 2.75 bits per heavy atom. The SMILES string of the molecule is O=C(OCc1nnc(-c2ccccc2)o1)C1Cc2ccccc2S1. The third-order valence-corrected chi connectivity index (χ3v) is 5.03. The topological polar surface area (TPSA) is 65.2 Å². The molecular weight excluding hydrogens is 324 g/mol. The summed E-state index contributed by atoms with van der Waals surface area (Å²) in [6.45, 7) is -0.00786. The van der Waals surface area contributed by atoms with Gasteiger partial charge in [0.15, 0.2) is 6.61 Å². The molecule has 3 aromatic rings. The predicted octanol–water partition coefficient (Wildman–Crippen LogP) is 3.50. The molecular formula is C18H14N2O3S. The van der Waals surface area contributed by atoms with E-state index in [0.717, 1.165) is 10.5 Å². The number of nitrogens with zero attached hydrogens (tertiary/aromatic N) is 2. The van der Waals surface area contributed by atoms with Gasteiger partial charge in [-0.1, -0.05) is 36.4 Å². The molecule has 1 unspecified atom stereocenters. The molecule has 6 heteroatoms. The lowest BCUT2D eigenvalue weighted by molar-refractivity contribution is -0.144. The lowest BCUT2D eigenvalue weighted by Gasteiger charge is -2.07. The zero-order valence-corrected chi connectivity index (χ0v) is 13.5. The van der Waals surface area contributed by atoms with E-state index in [1.54, 1.807) is 11.8 Å². The van der Waals surface area contributed by atoms with Gasteiger partial charge in [0.1, 0.15) is 5.25 Å². The highest BCUT2D eigenvalue weighted by molar-refractivity contribution is 8.01. The fourth-order valence-electron chi connectivity index (χ4n) is 2.55. The minimum absolute atomic E-state index is 0.00786. The lowest BCUT2D eigenvalue weighted by atomic mass is 10.1. The van der Waals surface area contributed by atoms with E-state index >= 15 is 0 Å². The van der Waals surface area contributed by atoms with E-state index in [0.29, 0.717) is 18.2 Å².